The molecule has 2 amide bonds. The highest BCUT2D eigenvalue weighted by molar-refractivity contribution is 5.96. The number of carbonyl (C=O) groups is 2. The molecule has 5 nitrogen and oxygen atoms in total. The van der Waals surface area contributed by atoms with Crippen molar-refractivity contribution in [3.05, 3.63) is 23.8 Å². The van der Waals surface area contributed by atoms with Gasteiger partial charge < -0.3 is 16.4 Å². The lowest BCUT2D eigenvalue weighted by atomic mass is 10.0. The molecule has 0 saturated carbocycles. The lowest BCUT2D eigenvalue weighted by molar-refractivity contribution is -0.120. The minimum Gasteiger partial charge on any atom is -0.326 e. The molecule has 0 bridgehead atoms. The molecule has 5 heteroatoms. The van der Waals surface area contributed by atoms with Crippen LogP contribution in [0.3, 0.4) is 0 Å². The van der Waals surface area contributed by atoms with Gasteiger partial charge in [0.2, 0.25) is 11.8 Å². The molecule has 0 spiro atoms. The fourth-order valence-electron chi connectivity index (χ4n) is 1.94. The van der Waals surface area contributed by atoms with Crippen LogP contribution in [-0.4, -0.2) is 18.4 Å². The van der Waals surface area contributed by atoms with Crippen molar-refractivity contribution in [3.63, 3.8) is 0 Å². The zero-order valence-corrected chi connectivity index (χ0v) is 12.3. The van der Waals surface area contributed by atoms with Gasteiger partial charge in [-0.15, -0.1) is 0 Å². The number of carbonyl (C=O) groups excluding carboxylic acids is 2. The molecule has 0 aromatic heterocycles. The van der Waals surface area contributed by atoms with Crippen molar-refractivity contribution in [2.45, 2.75) is 33.6 Å². The molecule has 0 fully saturated rings. The fraction of sp³-hybridized carbons (Fsp3) is 0.467. The Kier molecular flexibility index (Phi) is 6.18. The molecule has 0 atom stereocenters. The van der Waals surface area contributed by atoms with Crippen LogP contribution in [0.1, 0.15) is 32.3 Å². The first-order chi connectivity index (χ1) is 9.51. The van der Waals surface area contributed by atoms with E-state index in [1.807, 2.05) is 26.8 Å². The quantitative estimate of drug-likeness (QED) is 0.745. The number of nitrogens with one attached hydrogen (secondary N) is 2. The number of nitrogens with two attached hydrogens (primary N) is 1. The van der Waals surface area contributed by atoms with E-state index in [9.17, 15) is 9.59 Å². The van der Waals surface area contributed by atoms with Crippen molar-refractivity contribution in [2.24, 2.45) is 11.7 Å². The standard InChI is InChI=1S/C15H23N3O2/c1-4-11(5-2)15(20)18-13-8-12(7-6-10(13)3)17-14(19)9-16/h6-8,11H,4-5,9,16H2,1-3H3,(H,17,19)(H,18,20). The van der Waals surface area contributed by atoms with Gasteiger partial charge >= 0.3 is 0 Å². The molecule has 4 N–H and O–H groups in total. The maximum atomic E-state index is 12.1. The Bertz CT molecular complexity index is 482. The molecule has 110 valence electrons. The minimum absolute atomic E-state index is 0.0108. The summed E-state index contributed by atoms with van der Waals surface area (Å²) in [5.74, 6) is -0.233. The molecule has 0 aliphatic rings. The summed E-state index contributed by atoms with van der Waals surface area (Å²) in [5.41, 5.74) is 7.57. The molecule has 1 aromatic carbocycles. The molecule has 1 aromatic rings. The Morgan fingerprint density at radius 3 is 2.40 bits per heavy atom. The third-order valence-electron chi connectivity index (χ3n) is 3.32. The van der Waals surface area contributed by atoms with Gasteiger partial charge in [0, 0.05) is 17.3 Å². The smallest absolute Gasteiger partial charge is 0.238 e. The molecular formula is C15H23N3O2. The molecule has 20 heavy (non-hydrogen) atoms. The highest BCUT2D eigenvalue weighted by atomic mass is 16.2. The van der Waals surface area contributed by atoms with Crippen LogP contribution in [0.2, 0.25) is 0 Å². The summed E-state index contributed by atoms with van der Waals surface area (Å²) < 4.78 is 0. The molecule has 0 unspecified atom stereocenters. The van der Waals surface area contributed by atoms with Crippen LogP contribution < -0.4 is 16.4 Å². The predicted molar refractivity (Wildman–Crippen MR) is 81.6 cm³/mol. The normalized spacial score (nSPS) is 10.4. The third-order valence-corrected chi connectivity index (χ3v) is 3.32. The Morgan fingerprint density at radius 1 is 1.20 bits per heavy atom. The Morgan fingerprint density at radius 2 is 1.85 bits per heavy atom. The summed E-state index contributed by atoms with van der Waals surface area (Å²) in [4.78, 5) is 23.4. The first-order valence-electron chi connectivity index (χ1n) is 6.93. The third kappa shape index (κ3) is 4.35. The van der Waals surface area contributed by atoms with Crippen LogP contribution in [-0.2, 0) is 9.59 Å². The number of hydrogen-bond acceptors (Lipinski definition) is 3. The lowest BCUT2D eigenvalue weighted by Gasteiger charge is -2.15. The zero-order valence-electron chi connectivity index (χ0n) is 12.3. The SMILES string of the molecule is CCC(CC)C(=O)Nc1cc(NC(=O)CN)ccc1C. The average molecular weight is 277 g/mol. The minimum atomic E-state index is -0.258. The second kappa shape index (κ2) is 7.65. The number of amides is 2. The molecule has 0 saturated heterocycles. The van der Waals surface area contributed by atoms with Crippen molar-refractivity contribution >= 4 is 23.2 Å². The van der Waals surface area contributed by atoms with E-state index in [1.165, 1.54) is 0 Å². The number of hydrogen-bond donors (Lipinski definition) is 3. The summed E-state index contributed by atoms with van der Waals surface area (Å²) in [6.07, 6.45) is 1.62. The molecule has 0 aliphatic carbocycles. The van der Waals surface area contributed by atoms with Crippen molar-refractivity contribution in [3.8, 4) is 0 Å². The number of aryl methyl sites for hydroxylation is 1. The van der Waals surface area contributed by atoms with Gasteiger partial charge in [0.25, 0.3) is 0 Å². The molecule has 0 aliphatic heterocycles. The number of anilines is 2. The largest absolute Gasteiger partial charge is 0.326 e. The van der Waals surface area contributed by atoms with Crippen LogP contribution in [0.25, 0.3) is 0 Å². The van der Waals surface area contributed by atoms with Crippen LogP contribution in [0.5, 0.6) is 0 Å². The van der Waals surface area contributed by atoms with Crippen molar-refractivity contribution in [2.75, 3.05) is 17.2 Å². The van der Waals surface area contributed by atoms with Crippen LogP contribution in [0.4, 0.5) is 11.4 Å². The highest BCUT2D eigenvalue weighted by Crippen LogP contribution is 2.22. The van der Waals surface area contributed by atoms with E-state index < -0.39 is 0 Å². The summed E-state index contributed by atoms with van der Waals surface area (Å²) in [7, 11) is 0. The van der Waals surface area contributed by atoms with Gasteiger partial charge in [-0.2, -0.15) is 0 Å². The maximum absolute atomic E-state index is 12.1. The lowest BCUT2D eigenvalue weighted by Crippen LogP contribution is -2.23. The first kappa shape index (κ1) is 16.2. The summed E-state index contributed by atoms with van der Waals surface area (Å²) in [6.45, 7) is 5.84. The average Bonchev–Trinajstić information content (AvgIpc) is 2.43. The van der Waals surface area contributed by atoms with E-state index in [2.05, 4.69) is 10.6 Å². The van der Waals surface area contributed by atoms with Crippen LogP contribution >= 0.6 is 0 Å². The number of rotatable bonds is 6. The Hall–Kier alpha value is -1.88. The van der Waals surface area contributed by atoms with E-state index >= 15 is 0 Å². The van der Waals surface area contributed by atoms with Gasteiger partial charge in [-0.1, -0.05) is 19.9 Å². The van der Waals surface area contributed by atoms with E-state index in [0.717, 1.165) is 24.1 Å². The van der Waals surface area contributed by atoms with Crippen LogP contribution in [0, 0.1) is 12.8 Å². The summed E-state index contributed by atoms with van der Waals surface area (Å²) in [6, 6.07) is 5.40. The summed E-state index contributed by atoms with van der Waals surface area (Å²) >= 11 is 0. The first-order valence-corrected chi connectivity index (χ1v) is 6.93. The zero-order chi connectivity index (χ0) is 15.1. The van der Waals surface area contributed by atoms with Gasteiger partial charge in [-0.25, -0.2) is 0 Å². The molecule has 1 rings (SSSR count). The van der Waals surface area contributed by atoms with E-state index in [1.54, 1.807) is 12.1 Å². The molecular weight excluding hydrogens is 254 g/mol. The van der Waals surface area contributed by atoms with E-state index in [-0.39, 0.29) is 24.3 Å². The Balaban J connectivity index is 2.86. The summed E-state index contributed by atoms with van der Waals surface area (Å²) in [5, 5.41) is 5.60. The van der Waals surface area contributed by atoms with Gasteiger partial charge in [-0.05, 0) is 37.5 Å². The fourth-order valence-corrected chi connectivity index (χ4v) is 1.94. The molecule has 0 heterocycles. The monoisotopic (exact) mass is 277 g/mol. The van der Waals surface area contributed by atoms with E-state index in [4.69, 9.17) is 5.73 Å². The van der Waals surface area contributed by atoms with E-state index in [0.29, 0.717) is 5.69 Å². The van der Waals surface area contributed by atoms with Crippen molar-refractivity contribution in [1.29, 1.82) is 0 Å². The second-order valence-electron chi connectivity index (χ2n) is 4.78. The van der Waals surface area contributed by atoms with Crippen LogP contribution in [0.15, 0.2) is 18.2 Å². The second-order valence-corrected chi connectivity index (χ2v) is 4.78. The Labute approximate surface area is 119 Å². The van der Waals surface area contributed by atoms with Gasteiger partial charge in [0.15, 0.2) is 0 Å². The highest BCUT2D eigenvalue weighted by Gasteiger charge is 2.15. The van der Waals surface area contributed by atoms with Crippen molar-refractivity contribution < 1.29 is 9.59 Å². The maximum Gasteiger partial charge on any atom is 0.238 e. The van der Waals surface area contributed by atoms with Crippen molar-refractivity contribution in [1.82, 2.24) is 0 Å². The van der Waals surface area contributed by atoms with Gasteiger partial charge in [-0.3, -0.25) is 9.59 Å². The van der Waals surface area contributed by atoms with Gasteiger partial charge in [0.1, 0.15) is 0 Å². The molecule has 0 radical (unpaired) electrons. The predicted octanol–water partition coefficient (Wildman–Crippen LogP) is 2.27. The topological polar surface area (TPSA) is 84.2 Å². The number of benzene rings is 1. The van der Waals surface area contributed by atoms with Gasteiger partial charge in [0.05, 0.1) is 6.54 Å².